The molecule has 1 aromatic carbocycles. The summed E-state index contributed by atoms with van der Waals surface area (Å²) in [5.74, 6) is -0.0356. The Hall–Kier alpha value is -1.13. The van der Waals surface area contributed by atoms with Gasteiger partial charge in [-0.05, 0) is 46.4 Å². The summed E-state index contributed by atoms with van der Waals surface area (Å²) < 4.78 is 0.825. The molecule has 0 radical (unpaired) electrons. The van der Waals surface area contributed by atoms with E-state index >= 15 is 0 Å². The number of nitrogens with one attached hydrogen (secondary N) is 1. The molecule has 0 aliphatic rings. The number of carbonyl (C=O) groups is 1. The number of amides is 1. The van der Waals surface area contributed by atoms with Crippen molar-refractivity contribution in [2.24, 2.45) is 0 Å². The topological polar surface area (TPSA) is 29.1 Å². The first-order valence-electron chi connectivity index (χ1n) is 5.74. The van der Waals surface area contributed by atoms with Gasteiger partial charge >= 0.3 is 0 Å². The van der Waals surface area contributed by atoms with Crippen LogP contribution < -0.4 is 5.32 Å². The van der Waals surface area contributed by atoms with Gasteiger partial charge in [-0.1, -0.05) is 18.2 Å². The van der Waals surface area contributed by atoms with E-state index in [1.165, 1.54) is 4.88 Å². The van der Waals surface area contributed by atoms with E-state index in [4.69, 9.17) is 0 Å². The summed E-state index contributed by atoms with van der Waals surface area (Å²) in [6.45, 7) is 2.02. The molecule has 0 spiro atoms. The fraction of sp³-hybridized carbons (Fsp3) is 0.214. The zero-order valence-electron chi connectivity index (χ0n) is 10.0. The first-order chi connectivity index (χ1) is 8.66. The quantitative estimate of drug-likeness (QED) is 0.909. The van der Waals surface area contributed by atoms with Crippen LogP contribution in [0.1, 0.15) is 22.2 Å². The van der Waals surface area contributed by atoms with E-state index < -0.39 is 0 Å². The minimum atomic E-state index is -0.0356. The molecule has 1 amide bonds. The second-order valence-corrected chi connectivity index (χ2v) is 6.02. The van der Waals surface area contributed by atoms with Gasteiger partial charge in [0.1, 0.15) is 0 Å². The summed E-state index contributed by atoms with van der Waals surface area (Å²) in [4.78, 5) is 13.4. The van der Waals surface area contributed by atoms with Crippen molar-refractivity contribution < 1.29 is 4.79 Å². The highest BCUT2D eigenvalue weighted by atomic mass is 79.9. The van der Waals surface area contributed by atoms with Crippen LogP contribution in [0.4, 0.5) is 0 Å². The zero-order valence-corrected chi connectivity index (χ0v) is 12.4. The molecule has 1 atom stereocenters. The Kier molecular flexibility index (Phi) is 4.55. The molecule has 0 fully saturated rings. The third-order valence-corrected chi connectivity index (χ3v) is 4.17. The molecular formula is C14H14BrNOS. The number of hydrogen-bond donors (Lipinski definition) is 1. The molecule has 0 saturated carbocycles. The molecule has 0 aliphatic carbocycles. The second kappa shape index (κ2) is 6.16. The van der Waals surface area contributed by atoms with E-state index in [0.717, 1.165) is 10.9 Å². The number of thiophene rings is 1. The van der Waals surface area contributed by atoms with Crippen LogP contribution in [0.25, 0.3) is 0 Å². The van der Waals surface area contributed by atoms with Crippen molar-refractivity contribution in [2.75, 3.05) is 0 Å². The normalized spacial score (nSPS) is 12.1. The molecule has 0 aliphatic heterocycles. The largest absolute Gasteiger partial charge is 0.349 e. The van der Waals surface area contributed by atoms with E-state index in [9.17, 15) is 4.79 Å². The fourth-order valence-corrected chi connectivity index (χ4v) is 3.03. The Morgan fingerprint density at radius 1 is 1.33 bits per heavy atom. The lowest BCUT2D eigenvalue weighted by Crippen LogP contribution is -2.34. The molecule has 2 aromatic rings. The Bertz CT molecular complexity index is 524. The Labute approximate surface area is 119 Å². The minimum absolute atomic E-state index is 0.0356. The summed E-state index contributed by atoms with van der Waals surface area (Å²) in [5, 5.41) is 5.07. The minimum Gasteiger partial charge on any atom is -0.349 e. The molecule has 94 valence electrons. The van der Waals surface area contributed by atoms with Gasteiger partial charge in [-0.2, -0.15) is 0 Å². The van der Waals surface area contributed by atoms with Gasteiger partial charge < -0.3 is 5.32 Å². The number of carbonyl (C=O) groups excluding carboxylic acids is 1. The first kappa shape index (κ1) is 13.3. The van der Waals surface area contributed by atoms with Crippen LogP contribution in [-0.2, 0) is 6.42 Å². The van der Waals surface area contributed by atoms with Crippen LogP contribution in [-0.4, -0.2) is 11.9 Å². The number of halogens is 1. The maximum Gasteiger partial charge on any atom is 0.252 e. The van der Waals surface area contributed by atoms with Crippen molar-refractivity contribution in [2.45, 2.75) is 19.4 Å². The van der Waals surface area contributed by atoms with Crippen molar-refractivity contribution in [3.05, 3.63) is 56.7 Å². The standard InChI is InChI=1S/C14H14BrNOS/c1-10(9-11-5-4-8-18-11)16-14(17)12-6-2-3-7-13(12)15/h2-8,10H,9H2,1H3,(H,16,17). The SMILES string of the molecule is CC(Cc1cccs1)NC(=O)c1ccccc1Br. The second-order valence-electron chi connectivity index (χ2n) is 4.14. The first-order valence-corrected chi connectivity index (χ1v) is 7.42. The van der Waals surface area contributed by atoms with Crippen LogP contribution in [0.3, 0.4) is 0 Å². The molecule has 1 N–H and O–H groups in total. The Morgan fingerprint density at radius 3 is 2.78 bits per heavy atom. The van der Waals surface area contributed by atoms with Crippen molar-refractivity contribution >= 4 is 33.2 Å². The lowest BCUT2D eigenvalue weighted by atomic mass is 10.1. The monoisotopic (exact) mass is 323 g/mol. The third-order valence-electron chi connectivity index (χ3n) is 2.58. The van der Waals surface area contributed by atoms with E-state index in [1.54, 1.807) is 11.3 Å². The summed E-state index contributed by atoms with van der Waals surface area (Å²) in [7, 11) is 0. The van der Waals surface area contributed by atoms with Crippen LogP contribution in [0.2, 0.25) is 0 Å². The summed E-state index contributed by atoms with van der Waals surface area (Å²) in [6.07, 6.45) is 0.869. The van der Waals surface area contributed by atoms with Gasteiger partial charge in [0.25, 0.3) is 5.91 Å². The predicted octanol–water partition coefficient (Wildman–Crippen LogP) is 3.87. The highest BCUT2D eigenvalue weighted by Crippen LogP contribution is 2.16. The maximum absolute atomic E-state index is 12.1. The van der Waals surface area contributed by atoms with Gasteiger partial charge in [0.2, 0.25) is 0 Å². The number of hydrogen-bond acceptors (Lipinski definition) is 2. The van der Waals surface area contributed by atoms with Gasteiger partial charge in [-0.15, -0.1) is 11.3 Å². The van der Waals surface area contributed by atoms with Gasteiger partial charge in [0.15, 0.2) is 0 Å². The zero-order chi connectivity index (χ0) is 13.0. The Balaban J connectivity index is 1.97. The average Bonchev–Trinajstić information content (AvgIpc) is 2.82. The van der Waals surface area contributed by atoms with Crippen LogP contribution in [0.15, 0.2) is 46.3 Å². The molecule has 1 unspecified atom stereocenters. The Morgan fingerprint density at radius 2 is 2.11 bits per heavy atom. The van der Waals surface area contributed by atoms with Crippen molar-refractivity contribution in [3.8, 4) is 0 Å². The maximum atomic E-state index is 12.1. The molecule has 1 heterocycles. The molecule has 0 saturated heterocycles. The van der Waals surface area contributed by atoms with E-state index in [1.807, 2.05) is 37.3 Å². The highest BCUT2D eigenvalue weighted by Gasteiger charge is 2.12. The average molecular weight is 324 g/mol. The summed E-state index contributed by atoms with van der Waals surface area (Å²) in [5.41, 5.74) is 0.676. The molecule has 2 nitrogen and oxygen atoms in total. The molecular weight excluding hydrogens is 310 g/mol. The molecule has 2 rings (SSSR count). The lowest BCUT2D eigenvalue weighted by molar-refractivity contribution is 0.0939. The van der Waals surface area contributed by atoms with Crippen molar-refractivity contribution in [1.82, 2.24) is 5.32 Å². The van der Waals surface area contributed by atoms with Crippen molar-refractivity contribution in [3.63, 3.8) is 0 Å². The van der Waals surface area contributed by atoms with Gasteiger partial charge in [0, 0.05) is 21.8 Å². The highest BCUT2D eigenvalue weighted by molar-refractivity contribution is 9.10. The van der Waals surface area contributed by atoms with E-state index in [2.05, 4.69) is 32.7 Å². The van der Waals surface area contributed by atoms with Gasteiger partial charge in [0.05, 0.1) is 5.56 Å². The van der Waals surface area contributed by atoms with E-state index in [0.29, 0.717) is 5.56 Å². The predicted molar refractivity (Wildman–Crippen MR) is 79.1 cm³/mol. The van der Waals surface area contributed by atoms with Gasteiger partial charge in [-0.25, -0.2) is 0 Å². The van der Waals surface area contributed by atoms with Crippen LogP contribution in [0.5, 0.6) is 0 Å². The molecule has 0 bridgehead atoms. The number of benzene rings is 1. The summed E-state index contributed by atoms with van der Waals surface area (Å²) in [6, 6.07) is 11.7. The third kappa shape index (κ3) is 3.43. The van der Waals surface area contributed by atoms with Crippen LogP contribution >= 0.6 is 27.3 Å². The molecule has 4 heteroatoms. The van der Waals surface area contributed by atoms with Crippen molar-refractivity contribution in [1.29, 1.82) is 0 Å². The number of rotatable bonds is 4. The van der Waals surface area contributed by atoms with Gasteiger partial charge in [-0.3, -0.25) is 4.79 Å². The smallest absolute Gasteiger partial charge is 0.252 e. The van der Waals surface area contributed by atoms with Crippen LogP contribution in [0, 0.1) is 0 Å². The fourth-order valence-electron chi connectivity index (χ4n) is 1.73. The lowest BCUT2D eigenvalue weighted by Gasteiger charge is -2.13. The molecule has 18 heavy (non-hydrogen) atoms. The molecule has 1 aromatic heterocycles. The van der Waals surface area contributed by atoms with E-state index in [-0.39, 0.29) is 11.9 Å². The summed E-state index contributed by atoms with van der Waals surface area (Å²) >= 11 is 5.11.